The van der Waals surface area contributed by atoms with Crippen molar-refractivity contribution in [3.8, 4) is 11.6 Å². The number of carbonyl (C=O) groups is 2. The number of nitrogens with zero attached hydrogens (tertiary/aromatic N) is 5. The van der Waals surface area contributed by atoms with Crippen molar-refractivity contribution in [3.05, 3.63) is 36.3 Å². The summed E-state index contributed by atoms with van der Waals surface area (Å²) < 4.78 is 22.5. The van der Waals surface area contributed by atoms with Gasteiger partial charge in [0, 0.05) is 31.4 Å². The third-order valence-corrected chi connectivity index (χ3v) is 6.83. The number of hydrogen-bond acceptors (Lipinski definition) is 12. The lowest BCUT2D eigenvalue weighted by Crippen LogP contribution is -2.37. The molecule has 0 atom stereocenters. The largest absolute Gasteiger partial charge is 0.483 e. The lowest BCUT2D eigenvalue weighted by molar-refractivity contribution is -0.118. The van der Waals surface area contributed by atoms with Gasteiger partial charge in [-0.3, -0.25) is 9.78 Å². The molecule has 2 fully saturated rings. The smallest absolute Gasteiger partial charge is 0.339 e. The maximum absolute atomic E-state index is 12.4. The van der Waals surface area contributed by atoms with Crippen LogP contribution in [0.3, 0.4) is 0 Å². The minimum atomic E-state index is -0.424. The summed E-state index contributed by atoms with van der Waals surface area (Å²) in [5, 5.41) is 4.06. The van der Waals surface area contributed by atoms with E-state index >= 15 is 0 Å². The van der Waals surface area contributed by atoms with Gasteiger partial charge in [-0.25, -0.2) is 14.8 Å². The Bertz CT molecular complexity index is 1320. The van der Waals surface area contributed by atoms with Gasteiger partial charge in [0.25, 0.3) is 0 Å². The molecule has 40 heavy (non-hydrogen) atoms. The van der Waals surface area contributed by atoms with Gasteiger partial charge in [-0.05, 0) is 45.6 Å². The number of hydrogen-bond donors (Lipinski definition) is 1. The third-order valence-electron chi connectivity index (χ3n) is 6.83. The molecule has 4 heterocycles. The second-order valence-corrected chi connectivity index (χ2v) is 9.87. The fourth-order valence-corrected chi connectivity index (χ4v) is 4.77. The molecule has 1 aliphatic carbocycles. The van der Waals surface area contributed by atoms with Gasteiger partial charge in [0.2, 0.25) is 11.8 Å². The van der Waals surface area contributed by atoms with E-state index in [1.807, 2.05) is 6.07 Å². The highest BCUT2D eigenvalue weighted by Crippen LogP contribution is 2.32. The molecule has 12 nitrogen and oxygen atoms in total. The number of ether oxygens (including phenoxy) is 4. The predicted octanol–water partition coefficient (Wildman–Crippen LogP) is 3.20. The molecule has 12 heteroatoms. The maximum Gasteiger partial charge on any atom is 0.339 e. The summed E-state index contributed by atoms with van der Waals surface area (Å²) >= 11 is 0. The van der Waals surface area contributed by atoms with Gasteiger partial charge in [0.15, 0.2) is 11.5 Å². The van der Waals surface area contributed by atoms with Gasteiger partial charge in [0.1, 0.15) is 18.5 Å². The standard InChI is InChI=1S/C28H34N6O6/c1-3-38-27(36)19-12-23-24(29-14-19)13-25(34-8-10-37-11-9-34)33-26(23)40-21-6-4-20(5-7-21)32-28-30-15-22(16-31-28)39-17-18(2)35/h12-16,20-21H,3-11,17H2,1-2H3,(H,30,31,32). The molecule has 212 valence electrons. The van der Waals surface area contributed by atoms with Crippen molar-refractivity contribution in [2.45, 2.75) is 51.7 Å². The number of aromatic nitrogens is 4. The van der Waals surface area contributed by atoms with Crippen LogP contribution < -0.4 is 19.7 Å². The first-order valence-electron chi connectivity index (χ1n) is 13.7. The molecule has 5 rings (SSSR count). The first-order valence-corrected chi connectivity index (χ1v) is 13.7. The Morgan fingerprint density at radius 1 is 1.05 bits per heavy atom. The monoisotopic (exact) mass is 550 g/mol. The van der Waals surface area contributed by atoms with Crippen molar-refractivity contribution in [2.75, 3.05) is 49.7 Å². The lowest BCUT2D eigenvalue weighted by Gasteiger charge is -2.31. The minimum absolute atomic E-state index is 0.000152. The highest BCUT2D eigenvalue weighted by molar-refractivity contribution is 5.95. The molecule has 1 saturated carbocycles. The number of carbonyl (C=O) groups excluding carboxylic acids is 2. The van der Waals surface area contributed by atoms with Gasteiger partial charge >= 0.3 is 5.97 Å². The van der Waals surface area contributed by atoms with Gasteiger partial charge in [-0.1, -0.05) is 0 Å². The zero-order valence-electron chi connectivity index (χ0n) is 22.8. The van der Waals surface area contributed by atoms with Crippen molar-refractivity contribution in [1.82, 2.24) is 19.9 Å². The van der Waals surface area contributed by atoms with E-state index in [0.717, 1.165) is 44.6 Å². The zero-order chi connectivity index (χ0) is 27.9. The summed E-state index contributed by atoms with van der Waals surface area (Å²) in [6.45, 7) is 6.28. The number of rotatable bonds is 10. The normalized spacial score (nSPS) is 19.2. The summed E-state index contributed by atoms with van der Waals surface area (Å²) in [5.41, 5.74) is 1.08. The van der Waals surface area contributed by atoms with Crippen LogP contribution in [-0.2, 0) is 14.3 Å². The molecule has 0 amide bonds. The second-order valence-electron chi connectivity index (χ2n) is 9.87. The number of anilines is 2. The average molecular weight is 551 g/mol. The van der Waals surface area contributed by atoms with Crippen LogP contribution >= 0.6 is 0 Å². The Kier molecular flexibility index (Phi) is 8.84. The van der Waals surface area contributed by atoms with E-state index in [1.54, 1.807) is 25.4 Å². The van der Waals surface area contributed by atoms with E-state index in [-0.39, 0.29) is 31.1 Å². The Morgan fingerprint density at radius 3 is 2.50 bits per heavy atom. The molecule has 0 spiro atoms. The minimum Gasteiger partial charge on any atom is -0.483 e. The van der Waals surface area contributed by atoms with E-state index in [1.165, 1.54) is 13.1 Å². The number of fused-ring (bicyclic) bond motifs is 1. The highest BCUT2D eigenvalue weighted by atomic mass is 16.5. The summed E-state index contributed by atoms with van der Waals surface area (Å²) in [6, 6.07) is 3.88. The number of morpholine rings is 1. The van der Waals surface area contributed by atoms with Gasteiger partial charge in [0.05, 0.1) is 48.7 Å². The Balaban J connectivity index is 1.27. The fourth-order valence-electron chi connectivity index (χ4n) is 4.77. The van der Waals surface area contributed by atoms with E-state index in [2.05, 4.69) is 25.2 Å². The molecule has 0 bridgehead atoms. The van der Waals surface area contributed by atoms with Crippen LogP contribution in [0, 0.1) is 0 Å². The highest BCUT2D eigenvalue weighted by Gasteiger charge is 2.25. The first kappa shape index (κ1) is 27.5. The van der Waals surface area contributed by atoms with Crippen LogP contribution in [0.2, 0.25) is 0 Å². The molecule has 0 unspecified atom stereocenters. The number of nitrogens with one attached hydrogen (secondary N) is 1. The van der Waals surface area contributed by atoms with E-state index in [0.29, 0.717) is 47.3 Å². The summed E-state index contributed by atoms with van der Waals surface area (Å²) in [4.78, 5) is 43.7. The molecule has 0 radical (unpaired) electrons. The van der Waals surface area contributed by atoms with E-state index in [4.69, 9.17) is 23.9 Å². The van der Waals surface area contributed by atoms with Crippen molar-refractivity contribution in [3.63, 3.8) is 0 Å². The SMILES string of the molecule is CCOC(=O)c1cnc2cc(N3CCOCC3)nc(OC3CCC(Nc4ncc(OCC(C)=O)cn4)CC3)c2c1. The number of pyridine rings is 2. The Morgan fingerprint density at radius 2 is 1.80 bits per heavy atom. The number of ketones is 1. The third kappa shape index (κ3) is 6.92. The first-order chi connectivity index (χ1) is 19.5. The summed E-state index contributed by atoms with van der Waals surface area (Å²) in [7, 11) is 0. The molecule has 3 aromatic rings. The Hall–Kier alpha value is -4.06. The maximum atomic E-state index is 12.4. The molecule has 1 aliphatic heterocycles. The summed E-state index contributed by atoms with van der Waals surface area (Å²) in [5.74, 6) is 1.74. The average Bonchev–Trinajstić information content (AvgIpc) is 2.98. The lowest BCUT2D eigenvalue weighted by atomic mass is 9.93. The molecule has 3 aromatic heterocycles. The molecule has 0 aromatic carbocycles. The van der Waals surface area contributed by atoms with E-state index in [9.17, 15) is 9.59 Å². The van der Waals surface area contributed by atoms with Gasteiger partial charge in [-0.15, -0.1) is 0 Å². The fraction of sp³-hybridized carbons (Fsp3) is 0.500. The molecular formula is C28H34N6O6. The van der Waals surface area contributed by atoms with Crippen LogP contribution in [0.4, 0.5) is 11.8 Å². The van der Waals surface area contributed by atoms with Crippen LogP contribution in [0.5, 0.6) is 11.6 Å². The molecule has 2 aliphatic rings. The number of esters is 1. The van der Waals surface area contributed by atoms with Gasteiger partial charge < -0.3 is 29.2 Å². The van der Waals surface area contributed by atoms with Crippen LogP contribution in [-0.4, -0.2) is 83.4 Å². The zero-order valence-corrected chi connectivity index (χ0v) is 22.8. The molecule has 1 N–H and O–H groups in total. The molecular weight excluding hydrogens is 516 g/mol. The van der Waals surface area contributed by atoms with Crippen molar-refractivity contribution < 1.29 is 28.5 Å². The second kappa shape index (κ2) is 12.9. The topological polar surface area (TPSA) is 138 Å². The molecule has 1 saturated heterocycles. The summed E-state index contributed by atoms with van der Waals surface area (Å²) in [6.07, 6.45) is 7.97. The van der Waals surface area contributed by atoms with E-state index < -0.39 is 5.97 Å². The Labute approximate surface area is 232 Å². The predicted molar refractivity (Wildman–Crippen MR) is 147 cm³/mol. The van der Waals surface area contributed by atoms with Crippen LogP contribution in [0.15, 0.2) is 30.7 Å². The van der Waals surface area contributed by atoms with Crippen molar-refractivity contribution >= 4 is 34.4 Å². The van der Waals surface area contributed by atoms with Crippen LogP contribution in [0.1, 0.15) is 49.9 Å². The van der Waals surface area contributed by atoms with Gasteiger partial charge in [-0.2, -0.15) is 4.98 Å². The number of Topliss-reactive ketones (excluding diaryl/α,β-unsaturated/α-hetero) is 1. The van der Waals surface area contributed by atoms with Crippen molar-refractivity contribution in [2.24, 2.45) is 0 Å². The van der Waals surface area contributed by atoms with Crippen LogP contribution in [0.25, 0.3) is 10.9 Å². The van der Waals surface area contributed by atoms with Crippen molar-refractivity contribution in [1.29, 1.82) is 0 Å². The quantitative estimate of drug-likeness (QED) is 0.371.